The average Bonchev–Trinajstić information content (AvgIpc) is 3.66. The Morgan fingerprint density at radius 3 is 2.43 bits per heavy atom. The van der Waals surface area contributed by atoms with Gasteiger partial charge in [0.1, 0.15) is 18.0 Å². The fraction of sp³-hybridized carbons (Fsp3) is 0.480. The van der Waals surface area contributed by atoms with E-state index in [4.69, 9.17) is 14.5 Å². The molecule has 4 aromatic rings. The van der Waals surface area contributed by atoms with E-state index >= 15 is 4.39 Å². The maximum atomic E-state index is 15.3. The Balaban J connectivity index is 0.928. The Kier molecular flexibility index (Phi) is 14.7. The first kappa shape index (κ1) is 48.6. The highest BCUT2D eigenvalue weighted by molar-refractivity contribution is 5.94. The summed E-state index contributed by atoms with van der Waals surface area (Å²) in [4.78, 5) is 95.1. The van der Waals surface area contributed by atoms with Crippen molar-refractivity contribution in [1.29, 1.82) is 0 Å². The molecule has 0 bridgehead atoms. The van der Waals surface area contributed by atoms with E-state index in [0.29, 0.717) is 61.2 Å². The van der Waals surface area contributed by atoms with E-state index in [-0.39, 0.29) is 104 Å². The molecular weight excluding hydrogens is 864 g/mol. The number of aliphatic hydroxyl groups is 1. The molecule has 17 heteroatoms. The lowest BCUT2D eigenvalue weighted by atomic mass is 9.81. The van der Waals surface area contributed by atoms with Gasteiger partial charge in [-0.15, -0.1) is 0 Å². The number of carbonyl (C=O) groups excluding carboxylic acids is 6. The molecule has 0 saturated carbocycles. The third kappa shape index (κ3) is 10.8. The van der Waals surface area contributed by atoms with E-state index < -0.39 is 35.2 Å². The Morgan fingerprint density at radius 1 is 0.970 bits per heavy atom. The number of aromatic nitrogens is 2. The van der Waals surface area contributed by atoms with Crippen molar-refractivity contribution in [2.45, 2.75) is 135 Å². The molecule has 16 nitrogen and oxygen atoms in total. The number of nitrogens with zero attached hydrogens (tertiary/aromatic N) is 2. The molecule has 356 valence electrons. The molecule has 3 aliphatic rings. The molecule has 1 aliphatic carbocycles. The number of cyclic esters (lactones) is 1. The van der Waals surface area contributed by atoms with Crippen molar-refractivity contribution in [3.63, 3.8) is 0 Å². The fourth-order valence-corrected chi connectivity index (χ4v) is 9.20. The van der Waals surface area contributed by atoms with Crippen LogP contribution in [0.1, 0.15) is 124 Å². The molecule has 3 amide bonds. The number of rotatable bonds is 19. The molecule has 0 saturated heterocycles. The number of amides is 3. The summed E-state index contributed by atoms with van der Waals surface area (Å²) < 4.78 is 27.3. The molecule has 4 heterocycles. The Morgan fingerprint density at radius 2 is 1.70 bits per heavy atom. The second kappa shape index (κ2) is 20.3. The molecule has 2 aliphatic heterocycles. The Hall–Kier alpha value is -6.33. The molecule has 0 spiro atoms. The highest BCUT2D eigenvalue weighted by Crippen LogP contribution is 2.46. The first-order valence-corrected chi connectivity index (χ1v) is 23.0. The Labute approximate surface area is 387 Å². The van der Waals surface area contributed by atoms with Crippen LogP contribution in [0.3, 0.4) is 0 Å². The summed E-state index contributed by atoms with van der Waals surface area (Å²) in [6, 6.07) is 11.2. The minimum absolute atomic E-state index is 0.0122. The smallest absolute Gasteiger partial charge is 0.408 e. The number of benzene rings is 2. The average molecular weight is 923 g/mol. The number of unbranched alkanes of at least 4 members (excludes halogenated alkanes) is 1. The molecule has 2 aromatic heterocycles. The molecule has 3 atom stereocenters. The van der Waals surface area contributed by atoms with E-state index in [1.54, 1.807) is 45.3 Å². The molecular formula is C50H59FN6O10. The standard InChI is InChI=1S/C50H59FN6O10/c1-6-50(65)34-23-39-45-32(26-57(39)46(62)33(34)27-66-47(50)63)44-36(16-15-31-28(2)35(51)24-38(56-45)43(31)44)52-20-10-11-21-53-41(60)19-17-40(59)37(22-29-12-8-7-9-13-29)55-42(61)18-14-30(58)25-54-48(64)67-49(3,4)5/h7-9,12-13,23-24,36-37,52,65H,6,10-11,14-22,25-27H2,1-5H3,(H,53,60)(H,54,64)(H,55,61)/t36-,37-,50-/m0/s1. The number of Topliss-reactive ketones (excluding diaryl/α,β-unsaturated/α-hetero) is 2. The van der Waals surface area contributed by atoms with Crippen LogP contribution in [0.15, 0.2) is 47.3 Å². The summed E-state index contributed by atoms with van der Waals surface area (Å²) in [6.45, 7) is 9.14. The predicted molar refractivity (Wildman–Crippen MR) is 245 cm³/mol. The minimum atomic E-state index is -1.98. The van der Waals surface area contributed by atoms with Gasteiger partial charge in [0.05, 0.1) is 41.6 Å². The van der Waals surface area contributed by atoms with Crippen LogP contribution < -0.4 is 26.8 Å². The van der Waals surface area contributed by atoms with Crippen molar-refractivity contribution >= 4 is 46.3 Å². The molecule has 0 fully saturated rings. The van der Waals surface area contributed by atoms with E-state index in [9.17, 15) is 38.7 Å². The summed E-state index contributed by atoms with van der Waals surface area (Å²) >= 11 is 0. The van der Waals surface area contributed by atoms with Gasteiger partial charge in [0.25, 0.3) is 5.56 Å². The number of nitrogens with one attached hydrogen (secondary N) is 4. The van der Waals surface area contributed by atoms with Crippen LogP contribution >= 0.6 is 0 Å². The topological polar surface area (TPSA) is 224 Å². The van der Waals surface area contributed by atoms with Gasteiger partial charge in [0.15, 0.2) is 17.2 Å². The number of alkyl carbamates (subject to hydrolysis) is 1. The maximum absolute atomic E-state index is 15.3. The summed E-state index contributed by atoms with van der Waals surface area (Å²) in [5.74, 6) is -2.68. The number of esters is 1. The molecule has 0 unspecified atom stereocenters. The monoisotopic (exact) mass is 922 g/mol. The van der Waals surface area contributed by atoms with Gasteiger partial charge >= 0.3 is 12.1 Å². The van der Waals surface area contributed by atoms with Crippen LogP contribution in [0.2, 0.25) is 0 Å². The second-order valence-electron chi connectivity index (χ2n) is 18.6. The largest absolute Gasteiger partial charge is 0.458 e. The highest BCUT2D eigenvalue weighted by atomic mass is 19.1. The van der Waals surface area contributed by atoms with Gasteiger partial charge in [-0.25, -0.2) is 19.0 Å². The van der Waals surface area contributed by atoms with Gasteiger partial charge in [-0.2, -0.15) is 0 Å². The van der Waals surface area contributed by atoms with E-state index in [2.05, 4.69) is 21.3 Å². The summed E-state index contributed by atoms with van der Waals surface area (Å²) in [6.07, 6.45) is 1.58. The number of halogens is 1. The van der Waals surface area contributed by atoms with Crippen molar-refractivity contribution in [3.05, 3.63) is 97.6 Å². The number of ketones is 2. The first-order valence-electron chi connectivity index (χ1n) is 23.0. The van der Waals surface area contributed by atoms with Crippen molar-refractivity contribution in [2.75, 3.05) is 19.6 Å². The number of ether oxygens (including phenoxy) is 2. The molecule has 0 radical (unpaired) electrons. The van der Waals surface area contributed by atoms with Crippen LogP contribution in [0.25, 0.3) is 22.3 Å². The van der Waals surface area contributed by atoms with Gasteiger partial charge in [-0.3, -0.25) is 24.0 Å². The minimum Gasteiger partial charge on any atom is -0.458 e. The number of aryl methyl sites for hydroxylation is 1. The number of fused-ring (bicyclic) bond motifs is 5. The predicted octanol–water partition coefficient (Wildman–Crippen LogP) is 4.95. The lowest BCUT2D eigenvalue weighted by Crippen LogP contribution is -2.44. The zero-order chi connectivity index (χ0) is 48.2. The number of carbonyl (C=O) groups is 6. The zero-order valence-corrected chi connectivity index (χ0v) is 38.7. The van der Waals surface area contributed by atoms with E-state index in [1.165, 1.54) is 6.07 Å². The molecule has 7 rings (SSSR count). The fourth-order valence-electron chi connectivity index (χ4n) is 9.20. The normalized spacial score (nSPS) is 17.4. The quantitative estimate of drug-likeness (QED) is 0.0548. The maximum Gasteiger partial charge on any atom is 0.408 e. The number of pyridine rings is 2. The van der Waals surface area contributed by atoms with Gasteiger partial charge in [0, 0.05) is 60.8 Å². The number of hydrogen-bond donors (Lipinski definition) is 5. The summed E-state index contributed by atoms with van der Waals surface area (Å²) in [5, 5.41) is 23.9. The van der Waals surface area contributed by atoms with Crippen molar-refractivity contribution in [2.24, 2.45) is 0 Å². The summed E-state index contributed by atoms with van der Waals surface area (Å²) in [7, 11) is 0. The van der Waals surface area contributed by atoms with Crippen molar-refractivity contribution in [1.82, 2.24) is 30.8 Å². The van der Waals surface area contributed by atoms with Gasteiger partial charge in [-0.05, 0) is 101 Å². The number of hydrogen-bond acceptors (Lipinski definition) is 12. The van der Waals surface area contributed by atoms with Gasteiger partial charge in [-0.1, -0.05) is 37.3 Å². The van der Waals surface area contributed by atoms with Crippen molar-refractivity contribution < 1.29 is 47.7 Å². The lowest BCUT2D eigenvalue weighted by molar-refractivity contribution is -0.172. The van der Waals surface area contributed by atoms with Crippen LogP contribution in [0.4, 0.5) is 9.18 Å². The zero-order valence-electron chi connectivity index (χ0n) is 38.7. The van der Waals surface area contributed by atoms with E-state index in [1.807, 2.05) is 30.3 Å². The first-order chi connectivity index (χ1) is 31.9. The van der Waals surface area contributed by atoms with Crippen LogP contribution in [-0.4, -0.2) is 81.4 Å². The second-order valence-corrected chi connectivity index (χ2v) is 18.6. The molecule has 5 N–H and O–H groups in total. The van der Waals surface area contributed by atoms with Crippen LogP contribution in [0, 0.1) is 12.7 Å². The highest BCUT2D eigenvalue weighted by Gasteiger charge is 2.46. The third-order valence-electron chi connectivity index (χ3n) is 12.8. The van der Waals surface area contributed by atoms with E-state index in [0.717, 1.165) is 27.6 Å². The third-order valence-corrected chi connectivity index (χ3v) is 12.8. The Bertz CT molecular complexity index is 2680. The molecule has 67 heavy (non-hydrogen) atoms. The van der Waals surface area contributed by atoms with Gasteiger partial charge < -0.3 is 40.4 Å². The SMILES string of the molecule is CC[C@@]1(O)C(=O)OCc2c1cc1n(c2=O)Cc2c-1nc1cc(F)c(C)c3c1c2[C@@H](NCCCCNC(=O)CCC(=O)[C@H](Cc1ccccc1)NC(=O)CCC(=O)CNC(=O)OC(C)(C)C)CC3. The van der Waals surface area contributed by atoms with Crippen LogP contribution in [-0.2, 0) is 65.0 Å². The molecule has 2 aromatic carbocycles. The van der Waals surface area contributed by atoms with Gasteiger partial charge in [0.2, 0.25) is 11.8 Å². The van der Waals surface area contributed by atoms with Crippen LogP contribution in [0.5, 0.6) is 0 Å². The summed E-state index contributed by atoms with van der Waals surface area (Å²) in [5.41, 5.74) is 2.83. The lowest BCUT2D eigenvalue weighted by Gasteiger charge is -2.31. The van der Waals surface area contributed by atoms with Crippen molar-refractivity contribution in [3.8, 4) is 11.4 Å².